The van der Waals surface area contributed by atoms with Crippen molar-refractivity contribution in [2.45, 2.75) is 43.4 Å². The first-order valence-corrected chi connectivity index (χ1v) is 8.30. The lowest BCUT2D eigenvalue weighted by Gasteiger charge is -2.15. The molecule has 18 heavy (non-hydrogen) atoms. The fourth-order valence-electron chi connectivity index (χ4n) is 2.36. The summed E-state index contributed by atoms with van der Waals surface area (Å²) < 4.78 is 14.1. The summed E-state index contributed by atoms with van der Waals surface area (Å²) >= 11 is 5.43. The minimum atomic E-state index is -0.191. The van der Waals surface area contributed by atoms with Crippen molar-refractivity contribution in [1.29, 1.82) is 0 Å². The Morgan fingerprint density at radius 3 is 2.83 bits per heavy atom. The Balaban J connectivity index is 1.82. The first kappa shape index (κ1) is 14.4. The third-order valence-corrected chi connectivity index (χ3v) is 5.68. The van der Waals surface area contributed by atoms with Crippen LogP contribution in [0, 0.1) is 5.82 Å². The number of benzene rings is 1. The van der Waals surface area contributed by atoms with Crippen molar-refractivity contribution in [3.63, 3.8) is 0 Å². The number of nitrogens with two attached hydrogens (primary N) is 1. The van der Waals surface area contributed by atoms with E-state index in [1.54, 1.807) is 12.1 Å². The highest BCUT2D eigenvalue weighted by Crippen LogP contribution is 2.30. The van der Waals surface area contributed by atoms with Gasteiger partial charge in [0.25, 0.3) is 0 Å². The zero-order valence-corrected chi connectivity index (χ0v) is 12.8. The second kappa shape index (κ2) is 6.92. The SMILES string of the molecule is NC(CSC1CCCC1)Cc1cc(F)ccc1Br. The molecule has 4 heteroatoms. The van der Waals surface area contributed by atoms with Crippen LogP contribution in [0.25, 0.3) is 0 Å². The maximum absolute atomic E-state index is 13.2. The molecule has 0 amide bonds. The van der Waals surface area contributed by atoms with Crippen LogP contribution in [-0.2, 0) is 6.42 Å². The summed E-state index contributed by atoms with van der Waals surface area (Å²) in [6.07, 6.45) is 6.13. The van der Waals surface area contributed by atoms with Crippen molar-refractivity contribution >= 4 is 27.7 Å². The topological polar surface area (TPSA) is 26.0 Å². The minimum Gasteiger partial charge on any atom is -0.327 e. The van der Waals surface area contributed by atoms with Gasteiger partial charge in [-0.05, 0) is 43.0 Å². The van der Waals surface area contributed by atoms with Gasteiger partial charge < -0.3 is 5.73 Å². The van der Waals surface area contributed by atoms with E-state index in [2.05, 4.69) is 15.9 Å². The fraction of sp³-hybridized carbons (Fsp3) is 0.571. The van der Waals surface area contributed by atoms with Crippen LogP contribution in [-0.4, -0.2) is 17.0 Å². The average Bonchev–Trinajstić information content (AvgIpc) is 2.84. The highest BCUT2D eigenvalue weighted by Gasteiger charge is 2.17. The van der Waals surface area contributed by atoms with E-state index in [9.17, 15) is 4.39 Å². The van der Waals surface area contributed by atoms with Gasteiger partial charge >= 0.3 is 0 Å². The third kappa shape index (κ3) is 4.25. The second-order valence-corrected chi connectivity index (χ2v) is 7.13. The van der Waals surface area contributed by atoms with Crippen LogP contribution in [0.4, 0.5) is 4.39 Å². The molecule has 1 atom stereocenters. The molecule has 0 aromatic heterocycles. The van der Waals surface area contributed by atoms with Crippen molar-refractivity contribution < 1.29 is 4.39 Å². The summed E-state index contributed by atoms with van der Waals surface area (Å²) in [6.45, 7) is 0. The molecule has 0 heterocycles. The standard InChI is InChI=1S/C14H19BrFNS/c15-14-6-5-11(16)7-10(14)8-12(17)9-18-13-3-1-2-4-13/h5-7,12-13H,1-4,8-9,17H2. The molecular formula is C14H19BrFNS. The van der Waals surface area contributed by atoms with E-state index in [-0.39, 0.29) is 11.9 Å². The normalized spacial score (nSPS) is 18.2. The van der Waals surface area contributed by atoms with E-state index in [0.717, 1.165) is 27.5 Å². The summed E-state index contributed by atoms with van der Waals surface area (Å²) in [5.41, 5.74) is 7.11. The maximum Gasteiger partial charge on any atom is 0.123 e. The Morgan fingerprint density at radius 2 is 2.11 bits per heavy atom. The van der Waals surface area contributed by atoms with Crippen LogP contribution in [0.2, 0.25) is 0 Å². The van der Waals surface area contributed by atoms with Crippen molar-refractivity contribution in [2.75, 3.05) is 5.75 Å². The van der Waals surface area contributed by atoms with Crippen LogP contribution >= 0.6 is 27.7 Å². The number of rotatable bonds is 5. The zero-order chi connectivity index (χ0) is 13.0. The molecule has 1 aromatic rings. The van der Waals surface area contributed by atoms with Crippen molar-refractivity contribution in [3.8, 4) is 0 Å². The Bertz CT molecular complexity index is 393. The van der Waals surface area contributed by atoms with E-state index in [1.807, 2.05) is 11.8 Å². The molecule has 1 fully saturated rings. The highest BCUT2D eigenvalue weighted by molar-refractivity contribution is 9.10. The summed E-state index contributed by atoms with van der Waals surface area (Å²) in [5.74, 6) is 0.775. The smallest absolute Gasteiger partial charge is 0.123 e. The van der Waals surface area contributed by atoms with Gasteiger partial charge in [0.05, 0.1) is 0 Å². The molecule has 1 saturated carbocycles. The molecule has 100 valence electrons. The van der Waals surface area contributed by atoms with Crippen LogP contribution in [0.1, 0.15) is 31.2 Å². The number of thioether (sulfide) groups is 1. The van der Waals surface area contributed by atoms with Crippen molar-refractivity contribution in [2.24, 2.45) is 5.73 Å². The van der Waals surface area contributed by atoms with Crippen molar-refractivity contribution in [1.82, 2.24) is 0 Å². The van der Waals surface area contributed by atoms with Gasteiger partial charge in [-0.2, -0.15) is 11.8 Å². The van der Waals surface area contributed by atoms with Gasteiger partial charge in [0, 0.05) is 21.5 Å². The van der Waals surface area contributed by atoms with Gasteiger partial charge in [0.1, 0.15) is 5.82 Å². The molecule has 1 aromatic carbocycles. The van der Waals surface area contributed by atoms with E-state index in [1.165, 1.54) is 31.7 Å². The predicted molar refractivity (Wildman–Crippen MR) is 80.5 cm³/mol. The largest absolute Gasteiger partial charge is 0.327 e. The quantitative estimate of drug-likeness (QED) is 0.877. The number of hydrogen-bond donors (Lipinski definition) is 1. The number of hydrogen-bond acceptors (Lipinski definition) is 2. The monoisotopic (exact) mass is 331 g/mol. The lowest BCUT2D eigenvalue weighted by molar-refractivity contribution is 0.622. The van der Waals surface area contributed by atoms with Gasteiger partial charge in [-0.15, -0.1) is 0 Å². The number of halogens is 2. The van der Waals surface area contributed by atoms with E-state index < -0.39 is 0 Å². The first-order chi connectivity index (χ1) is 8.65. The Labute approximate surface area is 121 Å². The third-order valence-electron chi connectivity index (χ3n) is 3.34. The van der Waals surface area contributed by atoms with Crippen LogP contribution < -0.4 is 5.73 Å². The summed E-state index contributed by atoms with van der Waals surface area (Å²) in [6, 6.07) is 4.90. The molecular weight excluding hydrogens is 313 g/mol. The summed E-state index contributed by atoms with van der Waals surface area (Å²) in [7, 11) is 0. The Hall–Kier alpha value is -0.0600. The lowest BCUT2D eigenvalue weighted by atomic mass is 10.1. The van der Waals surface area contributed by atoms with Crippen molar-refractivity contribution in [3.05, 3.63) is 34.1 Å². The minimum absolute atomic E-state index is 0.105. The molecule has 2 N–H and O–H groups in total. The van der Waals surface area contributed by atoms with E-state index >= 15 is 0 Å². The summed E-state index contributed by atoms with van der Waals surface area (Å²) in [4.78, 5) is 0. The average molecular weight is 332 g/mol. The van der Waals surface area contributed by atoms with Gasteiger partial charge in [-0.3, -0.25) is 0 Å². The van der Waals surface area contributed by atoms with Gasteiger partial charge in [-0.25, -0.2) is 4.39 Å². The second-order valence-electron chi connectivity index (χ2n) is 4.94. The van der Waals surface area contributed by atoms with E-state index in [0.29, 0.717) is 0 Å². The summed E-state index contributed by atoms with van der Waals surface area (Å²) in [5, 5.41) is 0.798. The highest BCUT2D eigenvalue weighted by atomic mass is 79.9. The molecule has 1 unspecified atom stereocenters. The Kier molecular flexibility index (Phi) is 5.52. The van der Waals surface area contributed by atoms with Gasteiger partial charge in [0.15, 0.2) is 0 Å². The predicted octanol–water partition coefficient (Wildman–Crippen LogP) is 4.13. The fourth-order valence-corrected chi connectivity index (χ4v) is 4.07. The molecule has 0 radical (unpaired) electrons. The molecule has 1 aliphatic rings. The molecule has 1 nitrogen and oxygen atoms in total. The molecule has 2 rings (SSSR count). The molecule has 0 bridgehead atoms. The Morgan fingerprint density at radius 1 is 1.39 bits per heavy atom. The molecule has 0 aliphatic heterocycles. The molecule has 0 saturated heterocycles. The maximum atomic E-state index is 13.2. The van der Waals surface area contributed by atoms with Crippen LogP contribution in [0.15, 0.2) is 22.7 Å². The lowest BCUT2D eigenvalue weighted by Crippen LogP contribution is -2.26. The zero-order valence-electron chi connectivity index (χ0n) is 10.4. The van der Waals surface area contributed by atoms with E-state index in [4.69, 9.17) is 5.73 Å². The van der Waals surface area contributed by atoms with Crippen LogP contribution in [0.5, 0.6) is 0 Å². The first-order valence-electron chi connectivity index (χ1n) is 6.46. The molecule has 1 aliphatic carbocycles. The van der Waals surface area contributed by atoms with Gasteiger partial charge in [-0.1, -0.05) is 28.8 Å². The van der Waals surface area contributed by atoms with Crippen LogP contribution in [0.3, 0.4) is 0 Å². The molecule has 0 spiro atoms. The van der Waals surface area contributed by atoms with Gasteiger partial charge in [0.2, 0.25) is 0 Å².